The van der Waals surface area contributed by atoms with E-state index in [0.29, 0.717) is 17.7 Å². The first kappa shape index (κ1) is 17.8. The molecule has 1 fully saturated rings. The molecule has 1 aromatic heterocycles. The summed E-state index contributed by atoms with van der Waals surface area (Å²) >= 11 is 0. The van der Waals surface area contributed by atoms with Gasteiger partial charge in [-0.25, -0.2) is 16.3 Å². The number of rotatable bonds is 5. The number of carbonyl (C=O) groups excluding carboxylic acids is 1. The van der Waals surface area contributed by atoms with E-state index in [1.54, 1.807) is 19.1 Å². The lowest BCUT2D eigenvalue weighted by Crippen LogP contribution is -2.41. The standard InChI is InChI=1S/C17H20N6O3/c1-11(12-5-7-13(8-6-12)23(25)26)18-21-17(24)15-10-14(19-20-15)16-4-3-9-22(16)2/h3-9,14-15,19-20H,10H2,1-2H3,(H,21,24)/b18-11+. The predicted molar refractivity (Wildman–Crippen MR) is 96.3 cm³/mol. The highest BCUT2D eigenvalue weighted by Crippen LogP contribution is 2.22. The molecule has 2 heterocycles. The maximum absolute atomic E-state index is 12.3. The minimum Gasteiger partial charge on any atom is -0.353 e. The summed E-state index contributed by atoms with van der Waals surface area (Å²) in [6, 6.07) is 9.63. The maximum Gasteiger partial charge on any atom is 0.269 e. The van der Waals surface area contributed by atoms with Gasteiger partial charge in [-0.05, 0) is 43.2 Å². The Bertz CT molecular complexity index is 842. The number of non-ortho nitro benzene ring substituents is 1. The van der Waals surface area contributed by atoms with Gasteiger partial charge in [0, 0.05) is 31.1 Å². The first-order valence-corrected chi connectivity index (χ1v) is 8.17. The first-order chi connectivity index (χ1) is 12.5. The number of nitrogens with zero attached hydrogens (tertiary/aromatic N) is 3. The minimum absolute atomic E-state index is 0.0125. The van der Waals surface area contributed by atoms with Gasteiger partial charge in [0.1, 0.15) is 6.04 Å². The van der Waals surface area contributed by atoms with E-state index >= 15 is 0 Å². The van der Waals surface area contributed by atoms with Crippen LogP contribution in [0.25, 0.3) is 0 Å². The highest BCUT2D eigenvalue weighted by Gasteiger charge is 2.31. The number of nitrogens with one attached hydrogen (secondary N) is 3. The predicted octanol–water partition coefficient (Wildman–Crippen LogP) is 1.38. The van der Waals surface area contributed by atoms with Crippen molar-refractivity contribution in [2.45, 2.75) is 25.4 Å². The van der Waals surface area contributed by atoms with Crippen LogP contribution in [-0.2, 0) is 11.8 Å². The summed E-state index contributed by atoms with van der Waals surface area (Å²) in [6.07, 6.45) is 2.57. The van der Waals surface area contributed by atoms with E-state index in [0.717, 1.165) is 5.69 Å². The van der Waals surface area contributed by atoms with Crippen molar-refractivity contribution in [2.24, 2.45) is 12.1 Å². The molecule has 2 aromatic rings. The molecule has 0 aliphatic carbocycles. The second kappa shape index (κ2) is 7.46. The number of nitro groups is 1. The second-order valence-electron chi connectivity index (χ2n) is 6.15. The van der Waals surface area contributed by atoms with Crippen LogP contribution in [0.3, 0.4) is 0 Å². The molecular weight excluding hydrogens is 336 g/mol. The van der Waals surface area contributed by atoms with Crippen LogP contribution in [0.15, 0.2) is 47.7 Å². The van der Waals surface area contributed by atoms with Crippen LogP contribution < -0.4 is 16.3 Å². The Morgan fingerprint density at radius 1 is 1.31 bits per heavy atom. The summed E-state index contributed by atoms with van der Waals surface area (Å²) in [5.41, 5.74) is 11.0. The van der Waals surface area contributed by atoms with E-state index in [1.807, 2.05) is 29.9 Å². The molecule has 1 aromatic carbocycles. The van der Waals surface area contributed by atoms with Gasteiger partial charge in [-0.3, -0.25) is 14.9 Å². The summed E-state index contributed by atoms with van der Waals surface area (Å²) in [6.45, 7) is 1.73. The molecule has 2 unspecified atom stereocenters. The third-order valence-electron chi connectivity index (χ3n) is 4.39. The fourth-order valence-corrected chi connectivity index (χ4v) is 2.86. The highest BCUT2D eigenvalue weighted by molar-refractivity contribution is 5.99. The SMILES string of the molecule is C/C(=N\NC(=O)C1CC(c2cccn2C)NN1)c1ccc([N+](=O)[O-])cc1. The first-order valence-electron chi connectivity index (χ1n) is 8.17. The Hall–Kier alpha value is -3.04. The molecule has 1 aliphatic heterocycles. The van der Waals surface area contributed by atoms with Crippen molar-refractivity contribution in [3.05, 3.63) is 64.0 Å². The molecule has 0 bridgehead atoms. The Morgan fingerprint density at radius 2 is 2.04 bits per heavy atom. The van der Waals surface area contributed by atoms with Gasteiger partial charge in [0.15, 0.2) is 0 Å². The number of aryl methyl sites for hydroxylation is 1. The zero-order chi connectivity index (χ0) is 18.7. The topological polar surface area (TPSA) is 114 Å². The van der Waals surface area contributed by atoms with Crippen molar-refractivity contribution in [3.63, 3.8) is 0 Å². The molecule has 3 N–H and O–H groups in total. The quantitative estimate of drug-likeness (QED) is 0.425. The molecule has 1 amide bonds. The Balaban J connectivity index is 1.58. The summed E-state index contributed by atoms with van der Waals surface area (Å²) in [4.78, 5) is 22.5. The zero-order valence-electron chi connectivity index (χ0n) is 14.5. The molecular formula is C17H20N6O3. The van der Waals surface area contributed by atoms with Gasteiger partial charge in [0.2, 0.25) is 0 Å². The van der Waals surface area contributed by atoms with Crippen LogP contribution in [0.1, 0.15) is 30.6 Å². The van der Waals surface area contributed by atoms with E-state index in [-0.39, 0.29) is 17.6 Å². The van der Waals surface area contributed by atoms with Gasteiger partial charge < -0.3 is 4.57 Å². The monoisotopic (exact) mass is 356 g/mol. The molecule has 9 heteroatoms. The number of hydrogen-bond acceptors (Lipinski definition) is 6. The molecule has 9 nitrogen and oxygen atoms in total. The van der Waals surface area contributed by atoms with Crippen molar-refractivity contribution in [1.29, 1.82) is 0 Å². The van der Waals surface area contributed by atoms with E-state index in [9.17, 15) is 14.9 Å². The number of hydrazone groups is 1. The summed E-state index contributed by atoms with van der Waals surface area (Å²) in [5, 5.41) is 14.8. The van der Waals surface area contributed by atoms with Crippen LogP contribution in [-0.4, -0.2) is 27.2 Å². The molecule has 0 spiro atoms. The molecule has 26 heavy (non-hydrogen) atoms. The number of hydrogen-bond donors (Lipinski definition) is 3. The van der Waals surface area contributed by atoms with Crippen LogP contribution in [0.2, 0.25) is 0 Å². The summed E-state index contributed by atoms with van der Waals surface area (Å²) in [5.74, 6) is -0.240. The largest absolute Gasteiger partial charge is 0.353 e. The molecule has 0 radical (unpaired) electrons. The van der Waals surface area contributed by atoms with Gasteiger partial charge in [0.25, 0.3) is 11.6 Å². The van der Waals surface area contributed by atoms with Gasteiger partial charge in [-0.1, -0.05) is 0 Å². The number of benzene rings is 1. The van der Waals surface area contributed by atoms with Crippen molar-refractivity contribution in [3.8, 4) is 0 Å². The summed E-state index contributed by atoms with van der Waals surface area (Å²) < 4.78 is 2.01. The van der Waals surface area contributed by atoms with Crippen LogP contribution >= 0.6 is 0 Å². The van der Waals surface area contributed by atoms with E-state index < -0.39 is 11.0 Å². The third kappa shape index (κ3) is 3.79. The minimum atomic E-state index is -0.458. The van der Waals surface area contributed by atoms with Crippen molar-refractivity contribution < 1.29 is 9.72 Å². The van der Waals surface area contributed by atoms with Crippen molar-refractivity contribution in [1.82, 2.24) is 20.8 Å². The number of amides is 1. The van der Waals surface area contributed by atoms with E-state index in [2.05, 4.69) is 21.4 Å². The lowest BCUT2D eigenvalue weighted by atomic mass is 10.1. The number of carbonyl (C=O) groups is 1. The third-order valence-corrected chi connectivity index (χ3v) is 4.39. The Labute approximate surface area is 150 Å². The summed E-state index contributed by atoms with van der Waals surface area (Å²) in [7, 11) is 1.96. The van der Waals surface area contributed by atoms with Crippen LogP contribution in [0, 0.1) is 10.1 Å². The van der Waals surface area contributed by atoms with E-state index in [1.165, 1.54) is 12.1 Å². The number of hydrazine groups is 1. The molecule has 136 valence electrons. The normalized spacial score (nSPS) is 20.2. The molecule has 2 atom stereocenters. The van der Waals surface area contributed by atoms with Gasteiger partial charge in [-0.2, -0.15) is 5.10 Å². The molecule has 1 aliphatic rings. The second-order valence-corrected chi connectivity index (χ2v) is 6.15. The molecule has 3 rings (SSSR count). The Morgan fingerprint density at radius 3 is 2.65 bits per heavy atom. The Kier molecular flexibility index (Phi) is 5.10. The highest BCUT2D eigenvalue weighted by atomic mass is 16.6. The number of nitro benzene ring substituents is 1. The van der Waals surface area contributed by atoms with Gasteiger partial charge in [0.05, 0.1) is 16.7 Å². The smallest absolute Gasteiger partial charge is 0.269 e. The van der Waals surface area contributed by atoms with Crippen molar-refractivity contribution >= 4 is 17.3 Å². The zero-order valence-corrected chi connectivity index (χ0v) is 14.5. The van der Waals surface area contributed by atoms with Gasteiger partial charge in [-0.15, -0.1) is 0 Å². The average molecular weight is 356 g/mol. The van der Waals surface area contributed by atoms with Crippen LogP contribution in [0.4, 0.5) is 5.69 Å². The fraction of sp³-hybridized carbons (Fsp3) is 0.294. The maximum atomic E-state index is 12.3. The average Bonchev–Trinajstić information content (AvgIpc) is 3.28. The number of aromatic nitrogens is 1. The molecule has 0 saturated carbocycles. The van der Waals surface area contributed by atoms with Crippen LogP contribution in [0.5, 0.6) is 0 Å². The van der Waals surface area contributed by atoms with Crippen molar-refractivity contribution in [2.75, 3.05) is 0 Å². The lowest BCUT2D eigenvalue weighted by molar-refractivity contribution is -0.384. The lowest BCUT2D eigenvalue weighted by Gasteiger charge is -2.10. The van der Waals surface area contributed by atoms with E-state index in [4.69, 9.17) is 0 Å². The fourth-order valence-electron chi connectivity index (χ4n) is 2.86. The van der Waals surface area contributed by atoms with Gasteiger partial charge >= 0.3 is 0 Å². The molecule has 1 saturated heterocycles.